The fourth-order valence-corrected chi connectivity index (χ4v) is 2.04. The average molecular weight is 209 g/mol. The number of hydrogen-bond acceptors (Lipinski definition) is 2. The van der Waals surface area contributed by atoms with E-state index in [-0.39, 0.29) is 6.10 Å². The zero-order valence-corrected chi connectivity index (χ0v) is 8.69. The van der Waals surface area contributed by atoms with Crippen molar-refractivity contribution >= 4 is 5.69 Å². The van der Waals surface area contributed by atoms with Crippen LogP contribution < -0.4 is 4.90 Å². The molecule has 1 N–H and O–H groups in total. The average Bonchev–Trinajstić information content (AvgIpc) is 2.30. The summed E-state index contributed by atoms with van der Waals surface area (Å²) in [6.07, 6.45) is 1.38. The lowest BCUT2D eigenvalue weighted by molar-refractivity contribution is 0.145. The molecule has 0 atom stereocenters. The van der Waals surface area contributed by atoms with Gasteiger partial charge in [-0.05, 0) is 18.9 Å². The lowest BCUT2D eigenvalue weighted by atomic mass is 10.1. The molecule has 0 amide bonds. The molecule has 1 aromatic rings. The Morgan fingerprint density at radius 1 is 1.27 bits per heavy atom. The number of aliphatic hydroxyl groups excluding tert-OH is 1. The first-order valence-electron chi connectivity index (χ1n) is 5.38. The molecule has 1 saturated heterocycles. The summed E-state index contributed by atoms with van der Waals surface area (Å²) >= 11 is 0. The molecule has 0 saturated carbocycles. The maximum absolute atomic E-state index is 12.7. The first kappa shape index (κ1) is 10.4. The molecule has 1 aliphatic rings. The third kappa shape index (κ3) is 2.29. The van der Waals surface area contributed by atoms with E-state index in [1.165, 1.54) is 0 Å². The Morgan fingerprint density at radius 2 is 1.93 bits per heavy atom. The Bertz CT molecular complexity index is 321. The zero-order valence-electron chi connectivity index (χ0n) is 8.69. The fraction of sp³-hybridized carbons (Fsp3) is 0.500. The van der Waals surface area contributed by atoms with Crippen LogP contribution >= 0.6 is 0 Å². The van der Waals surface area contributed by atoms with Gasteiger partial charge in [-0.2, -0.15) is 0 Å². The predicted molar refractivity (Wildman–Crippen MR) is 58.7 cm³/mol. The molecular weight excluding hydrogens is 193 g/mol. The van der Waals surface area contributed by atoms with Gasteiger partial charge in [0.25, 0.3) is 0 Å². The number of para-hydroxylation sites is 1. The van der Waals surface area contributed by atoms with Gasteiger partial charge >= 0.3 is 0 Å². The van der Waals surface area contributed by atoms with Crippen molar-refractivity contribution in [1.82, 2.24) is 0 Å². The molecule has 2 rings (SSSR count). The molecule has 0 unspecified atom stereocenters. The summed E-state index contributed by atoms with van der Waals surface area (Å²) in [5, 5.41) is 9.40. The van der Waals surface area contributed by atoms with E-state index >= 15 is 0 Å². The normalized spacial score (nSPS) is 18.1. The minimum Gasteiger partial charge on any atom is -0.393 e. The molecule has 1 heterocycles. The van der Waals surface area contributed by atoms with Crippen molar-refractivity contribution in [3.05, 3.63) is 29.8 Å². The van der Waals surface area contributed by atoms with Gasteiger partial charge in [0.1, 0.15) is 6.67 Å². The topological polar surface area (TPSA) is 23.5 Å². The van der Waals surface area contributed by atoms with E-state index in [1.807, 2.05) is 24.3 Å². The molecule has 1 fully saturated rings. The van der Waals surface area contributed by atoms with Crippen molar-refractivity contribution in [3.63, 3.8) is 0 Å². The minimum absolute atomic E-state index is 0.182. The van der Waals surface area contributed by atoms with Crippen molar-refractivity contribution < 1.29 is 9.50 Å². The molecule has 82 valence electrons. The fourth-order valence-electron chi connectivity index (χ4n) is 2.04. The van der Waals surface area contributed by atoms with Gasteiger partial charge in [0.15, 0.2) is 0 Å². The molecule has 0 bridgehead atoms. The van der Waals surface area contributed by atoms with Crippen LogP contribution in [-0.2, 0) is 6.67 Å². The summed E-state index contributed by atoms with van der Waals surface area (Å²) in [6.45, 7) is 1.21. The van der Waals surface area contributed by atoms with Crippen molar-refractivity contribution in [1.29, 1.82) is 0 Å². The highest BCUT2D eigenvalue weighted by Gasteiger charge is 2.18. The van der Waals surface area contributed by atoms with Gasteiger partial charge in [0.05, 0.1) is 6.10 Å². The number of alkyl halides is 1. The van der Waals surface area contributed by atoms with E-state index in [1.54, 1.807) is 0 Å². The van der Waals surface area contributed by atoms with Crippen molar-refractivity contribution in [2.45, 2.75) is 25.6 Å². The Hall–Kier alpha value is -1.09. The Labute approximate surface area is 89.3 Å². The van der Waals surface area contributed by atoms with Crippen LogP contribution in [0.15, 0.2) is 24.3 Å². The molecule has 15 heavy (non-hydrogen) atoms. The van der Waals surface area contributed by atoms with Crippen LogP contribution in [0.4, 0.5) is 10.1 Å². The Balaban J connectivity index is 2.15. The number of halogens is 1. The van der Waals surface area contributed by atoms with Gasteiger partial charge < -0.3 is 10.0 Å². The van der Waals surface area contributed by atoms with Crippen LogP contribution in [0, 0.1) is 0 Å². The van der Waals surface area contributed by atoms with Crippen molar-refractivity contribution in [2.75, 3.05) is 18.0 Å². The molecule has 1 aliphatic heterocycles. The highest BCUT2D eigenvalue weighted by atomic mass is 19.1. The van der Waals surface area contributed by atoms with Gasteiger partial charge in [0, 0.05) is 24.3 Å². The maximum atomic E-state index is 12.7. The van der Waals surface area contributed by atoms with E-state index in [4.69, 9.17) is 0 Å². The third-order valence-electron chi connectivity index (χ3n) is 2.94. The first-order valence-corrected chi connectivity index (χ1v) is 5.38. The molecule has 0 spiro atoms. The standard InChI is InChI=1S/C12H16FNO/c13-9-10-3-1-2-4-12(10)14-7-5-11(15)6-8-14/h1-4,11,15H,5-9H2. The highest BCUT2D eigenvalue weighted by molar-refractivity contribution is 5.53. The molecule has 2 nitrogen and oxygen atoms in total. The van der Waals surface area contributed by atoms with Crippen LogP contribution in [0.1, 0.15) is 18.4 Å². The second-order valence-electron chi connectivity index (χ2n) is 3.98. The number of anilines is 1. The zero-order chi connectivity index (χ0) is 10.7. The number of hydrogen-bond donors (Lipinski definition) is 1. The summed E-state index contributed by atoms with van der Waals surface area (Å²) in [5.74, 6) is 0. The second kappa shape index (κ2) is 4.62. The predicted octanol–water partition coefficient (Wildman–Crippen LogP) is 2.12. The third-order valence-corrected chi connectivity index (χ3v) is 2.94. The minimum atomic E-state index is -0.421. The molecular formula is C12H16FNO. The number of aliphatic hydroxyl groups is 1. The van der Waals surface area contributed by atoms with E-state index in [2.05, 4.69) is 4.90 Å². The highest BCUT2D eigenvalue weighted by Crippen LogP contribution is 2.24. The first-order chi connectivity index (χ1) is 7.31. The Morgan fingerprint density at radius 3 is 2.60 bits per heavy atom. The molecule has 1 aromatic carbocycles. The lowest BCUT2D eigenvalue weighted by Crippen LogP contribution is -2.36. The van der Waals surface area contributed by atoms with Gasteiger partial charge in [-0.1, -0.05) is 18.2 Å². The van der Waals surface area contributed by atoms with Crippen LogP contribution in [0.5, 0.6) is 0 Å². The largest absolute Gasteiger partial charge is 0.393 e. The van der Waals surface area contributed by atoms with Crippen LogP contribution in [-0.4, -0.2) is 24.3 Å². The smallest absolute Gasteiger partial charge is 0.117 e. The summed E-state index contributed by atoms with van der Waals surface area (Å²) in [4.78, 5) is 2.15. The van der Waals surface area contributed by atoms with Gasteiger partial charge in [0.2, 0.25) is 0 Å². The number of rotatable bonds is 2. The van der Waals surface area contributed by atoms with Crippen LogP contribution in [0.25, 0.3) is 0 Å². The van der Waals surface area contributed by atoms with Crippen molar-refractivity contribution in [3.8, 4) is 0 Å². The molecule has 0 radical (unpaired) electrons. The van der Waals surface area contributed by atoms with Crippen LogP contribution in [0.3, 0.4) is 0 Å². The van der Waals surface area contributed by atoms with Gasteiger partial charge in [-0.25, -0.2) is 4.39 Å². The number of piperidine rings is 1. The molecule has 0 aromatic heterocycles. The van der Waals surface area contributed by atoms with E-state index in [0.717, 1.165) is 37.2 Å². The lowest BCUT2D eigenvalue weighted by Gasteiger charge is -2.32. The van der Waals surface area contributed by atoms with E-state index in [0.29, 0.717) is 0 Å². The quantitative estimate of drug-likeness (QED) is 0.806. The molecule has 0 aliphatic carbocycles. The second-order valence-corrected chi connectivity index (χ2v) is 3.98. The Kier molecular flexibility index (Phi) is 3.21. The summed E-state index contributed by atoms with van der Waals surface area (Å²) in [7, 11) is 0. The van der Waals surface area contributed by atoms with Crippen molar-refractivity contribution in [2.24, 2.45) is 0 Å². The van der Waals surface area contributed by atoms with E-state index < -0.39 is 6.67 Å². The van der Waals surface area contributed by atoms with Gasteiger partial charge in [-0.3, -0.25) is 0 Å². The summed E-state index contributed by atoms with van der Waals surface area (Å²) in [6, 6.07) is 7.56. The van der Waals surface area contributed by atoms with Crippen LogP contribution in [0.2, 0.25) is 0 Å². The monoisotopic (exact) mass is 209 g/mol. The summed E-state index contributed by atoms with van der Waals surface area (Å²) < 4.78 is 12.7. The summed E-state index contributed by atoms with van der Waals surface area (Å²) in [5.41, 5.74) is 1.72. The number of nitrogens with zero attached hydrogens (tertiary/aromatic N) is 1. The SMILES string of the molecule is OC1CCN(c2ccccc2CF)CC1. The van der Waals surface area contributed by atoms with E-state index in [9.17, 15) is 9.50 Å². The molecule has 3 heteroatoms. The number of benzene rings is 1. The maximum Gasteiger partial charge on any atom is 0.117 e. The van der Waals surface area contributed by atoms with Gasteiger partial charge in [-0.15, -0.1) is 0 Å².